The highest BCUT2D eigenvalue weighted by molar-refractivity contribution is 5.68. The van der Waals surface area contributed by atoms with E-state index in [1.54, 1.807) is 0 Å². The maximum atomic E-state index is 10.8. The first kappa shape index (κ1) is 18.2. The second kappa shape index (κ2) is 8.67. The van der Waals surface area contributed by atoms with Crippen LogP contribution in [0.5, 0.6) is 5.75 Å². The molecule has 6 nitrogen and oxygen atoms in total. The summed E-state index contributed by atoms with van der Waals surface area (Å²) < 4.78 is 5.44. The Kier molecular flexibility index (Phi) is 6.07. The number of carboxylic acids is 1. The number of aliphatic carboxylic acids is 1. The number of nitrogens with zero attached hydrogens (tertiary/aromatic N) is 2. The quantitative estimate of drug-likeness (QED) is 0.795. The van der Waals surface area contributed by atoms with Crippen LogP contribution >= 0.6 is 0 Å². The van der Waals surface area contributed by atoms with E-state index in [2.05, 4.69) is 27.3 Å². The summed E-state index contributed by atoms with van der Waals surface area (Å²) in [5.41, 5.74) is 2.34. The number of piperidine rings is 1. The molecule has 2 N–H and O–H groups in total. The van der Waals surface area contributed by atoms with Crippen molar-refractivity contribution in [2.24, 2.45) is 0 Å². The minimum absolute atomic E-state index is 0.316. The SMILES string of the molecule is CNc1cc([C@H]2CCCN(Cc3ccccc3OCC(=O)O)C2)ccn1. The molecule has 6 heteroatoms. The summed E-state index contributed by atoms with van der Waals surface area (Å²) in [5, 5.41) is 11.9. The van der Waals surface area contributed by atoms with Gasteiger partial charge in [-0.15, -0.1) is 0 Å². The number of hydrogen-bond donors (Lipinski definition) is 2. The second-order valence-electron chi connectivity index (χ2n) is 6.59. The smallest absolute Gasteiger partial charge is 0.341 e. The van der Waals surface area contributed by atoms with Gasteiger partial charge in [-0.3, -0.25) is 4.90 Å². The van der Waals surface area contributed by atoms with Crippen LogP contribution in [0.4, 0.5) is 5.82 Å². The molecule has 1 fully saturated rings. The number of likely N-dealkylation sites (tertiary alicyclic amines) is 1. The van der Waals surface area contributed by atoms with E-state index in [9.17, 15) is 4.79 Å². The highest BCUT2D eigenvalue weighted by atomic mass is 16.5. The molecular weight excluding hydrogens is 330 g/mol. The van der Waals surface area contributed by atoms with Gasteiger partial charge in [-0.25, -0.2) is 9.78 Å². The third-order valence-electron chi connectivity index (χ3n) is 4.73. The van der Waals surface area contributed by atoms with Crippen molar-refractivity contribution >= 4 is 11.8 Å². The van der Waals surface area contributed by atoms with Crippen molar-refractivity contribution in [3.8, 4) is 5.75 Å². The molecule has 1 aromatic carbocycles. The summed E-state index contributed by atoms with van der Waals surface area (Å²) in [7, 11) is 1.88. The van der Waals surface area contributed by atoms with Crippen molar-refractivity contribution in [3.05, 3.63) is 53.7 Å². The number of ether oxygens (including phenoxy) is 1. The summed E-state index contributed by atoms with van der Waals surface area (Å²) in [6.45, 7) is 2.45. The maximum Gasteiger partial charge on any atom is 0.341 e. The summed E-state index contributed by atoms with van der Waals surface area (Å²) in [6.07, 6.45) is 4.16. The molecule has 1 atom stereocenters. The monoisotopic (exact) mass is 355 g/mol. The molecule has 0 radical (unpaired) electrons. The van der Waals surface area contributed by atoms with Crippen LogP contribution in [-0.2, 0) is 11.3 Å². The molecule has 0 aliphatic carbocycles. The van der Waals surface area contributed by atoms with Gasteiger partial charge in [0.2, 0.25) is 0 Å². The second-order valence-corrected chi connectivity index (χ2v) is 6.59. The minimum Gasteiger partial charge on any atom is -0.482 e. The van der Waals surface area contributed by atoms with Gasteiger partial charge in [0.15, 0.2) is 6.61 Å². The van der Waals surface area contributed by atoms with E-state index < -0.39 is 5.97 Å². The number of carboxylic acid groups (broad SMARTS) is 1. The topological polar surface area (TPSA) is 74.7 Å². The Morgan fingerprint density at radius 1 is 1.38 bits per heavy atom. The number of anilines is 1. The first-order chi connectivity index (χ1) is 12.7. The lowest BCUT2D eigenvalue weighted by molar-refractivity contribution is -0.139. The van der Waals surface area contributed by atoms with Crippen molar-refractivity contribution in [1.29, 1.82) is 0 Å². The van der Waals surface area contributed by atoms with Gasteiger partial charge in [-0.1, -0.05) is 18.2 Å². The lowest BCUT2D eigenvalue weighted by Crippen LogP contribution is -2.34. The molecule has 0 spiro atoms. The van der Waals surface area contributed by atoms with E-state index in [4.69, 9.17) is 9.84 Å². The Hall–Kier alpha value is -2.60. The molecule has 0 saturated carbocycles. The average molecular weight is 355 g/mol. The number of para-hydroxylation sites is 1. The van der Waals surface area contributed by atoms with Crippen molar-refractivity contribution in [3.63, 3.8) is 0 Å². The van der Waals surface area contributed by atoms with Crippen LogP contribution in [0.15, 0.2) is 42.6 Å². The molecule has 3 rings (SSSR count). The zero-order valence-electron chi connectivity index (χ0n) is 15.0. The fourth-order valence-electron chi connectivity index (χ4n) is 3.46. The average Bonchev–Trinajstić information content (AvgIpc) is 2.67. The fourth-order valence-corrected chi connectivity index (χ4v) is 3.46. The van der Waals surface area contributed by atoms with Gasteiger partial charge in [0.1, 0.15) is 11.6 Å². The van der Waals surface area contributed by atoms with Crippen LogP contribution < -0.4 is 10.1 Å². The van der Waals surface area contributed by atoms with Gasteiger partial charge in [0, 0.05) is 31.9 Å². The van der Waals surface area contributed by atoms with Gasteiger partial charge in [-0.05, 0) is 49.1 Å². The molecule has 1 aromatic heterocycles. The van der Waals surface area contributed by atoms with Crippen LogP contribution in [0.25, 0.3) is 0 Å². The predicted molar refractivity (Wildman–Crippen MR) is 101 cm³/mol. The standard InChI is InChI=1S/C20H25N3O3/c1-21-19-11-15(8-9-22-19)16-6-4-10-23(12-16)13-17-5-2-3-7-18(17)26-14-20(24)25/h2-3,5,7-9,11,16H,4,6,10,12-14H2,1H3,(H,21,22)(H,24,25)/t16-/m0/s1. The summed E-state index contributed by atoms with van der Waals surface area (Å²) in [5.74, 6) is 1.06. The first-order valence-electron chi connectivity index (χ1n) is 8.94. The number of aromatic nitrogens is 1. The number of hydrogen-bond acceptors (Lipinski definition) is 5. The Morgan fingerprint density at radius 3 is 3.04 bits per heavy atom. The van der Waals surface area contributed by atoms with Gasteiger partial charge in [0.05, 0.1) is 0 Å². The molecule has 0 bridgehead atoms. The summed E-state index contributed by atoms with van der Waals surface area (Å²) in [6, 6.07) is 11.9. The third-order valence-corrected chi connectivity index (χ3v) is 4.73. The van der Waals surface area contributed by atoms with Gasteiger partial charge in [0.25, 0.3) is 0 Å². The minimum atomic E-state index is -0.962. The highest BCUT2D eigenvalue weighted by Crippen LogP contribution is 2.30. The summed E-state index contributed by atoms with van der Waals surface area (Å²) in [4.78, 5) is 17.5. The van der Waals surface area contributed by atoms with Gasteiger partial charge in [-0.2, -0.15) is 0 Å². The number of benzene rings is 1. The van der Waals surface area contributed by atoms with E-state index in [1.807, 2.05) is 37.5 Å². The predicted octanol–water partition coefficient (Wildman–Crippen LogP) is 2.97. The molecule has 1 aliphatic heterocycles. The van der Waals surface area contributed by atoms with Crippen LogP contribution in [-0.4, -0.2) is 47.7 Å². The first-order valence-corrected chi connectivity index (χ1v) is 8.94. The van der Waals surface area contributed by atoms with E-state index >= 15 is 0 Å². The van der Waals surface area contributed by atoms with Crippen molar-refractivity contribution in [1.82, 2.24) is 9.88 Å². The molecule has 138 valence electrons. The highest BCUT2D eigenvalue weighted by Gasteiger charge is 2.22. The van der Waals surface area contributed by atoms with Gasteiger partial charge >= 0.3 is 5.97 Å². The molecule has 0 amide bonds. The number of pyridine rings is 1. The molecule has 1 aliphatic rings. The van der Waals surface area contributed by atoms with Crippen molar-refractivity contribution < 1.29 is 14.6 Å². The lowest BCUT2D eigenvalue weighted by Gasteiger charge is -2.33. The zero-order valence-corrected chi connectivity index (χ0v) is 15.0. The van der Waals surface area contributed by atoms with Crippen LogP contribution in [0.1, 0.15) is 29.9 Å². The maximum absolute atomic E-state index is 10.8. The Bertz CT molecular complexity index is 751. The van der Waals surface area contributed by atoms with E-state index in [1.165, 1.54) is 12.0 Å². The number of nitrogens with one attached hydrogen (secondary N) is 1. The normalized spacial score (nSPS) is 17.7. The van der Waals surface area contributed by atoms with Crippen LogP contribution in [0.3, 0.4) is 0 Å². The Balaban J connectivity index is 1.68. The van der Waals surface area contributed by atoms with Gasteiger partial charge < -0.3 is 15.2 Å². The van der Waals surface area contributed by atoms with E-state index in [-0.39, 0.29) is 6.61 Å². The van der Waals surface area contributed by atoms with Crippen molar-refractivity contribution in [2.45, 2.75) is 25.3 Å². The zero-order chi connectivity index (χ0) is 18.4. The molecule has 2 heterocycles. The van der Waals surface area contributed by atoms with Crippen LogP contribution in [0, 0.1) is 0 Å². The van der Waals surface area contributed by atoms with Crippen LogP contribution in [0.2, 0.25) is 0 Å². The lowest BCUT2D eigenvalue weighted by atomic mass is 9.91. The largest absolute Gasteiger partial charge is 0.482 e. The van der Waals surface area contributed by atoms with Crippen molar-refractivity contribution in [2.75, 3.05) is 32.1 Å². The van der Waals surface area contributed by atoms with E-state index in [0.29, 0.717) is 11.7 Å². The molecule has 1 saturated heterocycles. The molecular formula is C20H25N3O3. The Labute approximate surface area is 153 Å². The number of rotatable bonds is 7. The molecule has 0 unspecified atom stereocenters. The Morgan fingerprint density at radius 2 is 2.23 bits per heavy atom. The number of carbonyl (C=O) groups is 1. The molecule has 2 aromatic rings. The molecule has 26 heavy (non-hydrogen) atoms. The third kappa shape index (κ3) is 4.73. The van der Waals surface area contributed by atoms with E-state index in [0.717, 1.165) is 37.4 Å². The summed E-state index contributed by atoms with van der Waals surface area (Å²) >= 11 is 0. The fraction of sp³-hybridized carbons (Fsp3) is 0.400.